The van der Waals surface area contributed by atoms with Crippen molar-refractivity contribution in [2.45, 2.75) is 20.8 Å². The van der Waals surface area contributed by atoms with Crippen molar-refractivity contribution in [1.82, 2.24) is 10.2 Å². The van der Waals surface area contributed by atoms with Crippen LogP contribution < -0.4 is 5.32 Å². The number of carbonyl (C=O) groups excluding carboxylic acids is 1. The van der Waals surface area contributed by atoms with Crippen molar-refractivity contribution < 1.29 is 9.53 Å². The van der Waals surface area contributed by atoms with Crippen LogP contribution in [0, 0.1) is 11.3 Å². The third kappa shape index (κ3) is 3.19. The number of amides is 1. The molecule has 0 bridgehead atoms. The van der Waals surface area contributed by atoms with Gasteiger partial charge in [0, 0.05) is 25.6 Å². The number of ether oxygens (including phenoxy) is 1. The molecule has 0 saturated carbocycles. The zero-order chi connectivity index (χ0) is 12.2. The van der Waals surface area contributed by atoms with Crippen LogP contribution in [0.2, 0.25) is 0 Å². The summed E-state index contributed by atoms with van der Waals surface area (Å²) >= 11 is 0. The molecule has 0 aromatic rings. The Morgan fingerprint density at radius 2 is 2.25 bits per heavy atom. The van der Waals surface area contributed by atoms with Crippen molar-refractivity contribution in [3.05, 3.63) is 0 Å². The third-order valence-electron chi connectivity index (χ3n) is 3.35. The van der Waals surface area contributed by atoms with Crippen LogP contribution >= 0.6 is 0 Å². The standard InChI is InChI=1S/C12H24N2O2/c1-5-16-8-10-7-14(9-12(10,2)3)11(15)6-13-4/h10,13H,5-9H2,1-4H3/t10-/m0/s1. The summed E-state index contributed by atoms with van der Waals surface area (Å²) in [5.74, 6) is 0.642. The fourth-order valence-electron chi connectivity index (χ4n) is 2.19. The Labute approximate surface area is 98.3 Å². The molecule has 0 radical (unpaired) electrons. The first-order chi connectivity index (χ1) is 7.51. The monoisotopic (exact) mass is 228 g/mol. The molecule has 1 rings (SSSR count). The zero-order valence-corrected chi connectivity index (χ0v) is 10.9. The van der Waals surface area contributed by atoms with Crippen LogP contribution in [0.15, 0.2) is 0 Å². The van der Waals surface area contributed by atoms with Crippen molar-refractivity contribution in [1.29, 1.82) is 0 Å². The van der Waals surface area contributed by atoms with E-state index in [0.29, 0.717) is 12.5 Å². The number of carbonyl (C=O) groups is 1. The van der Waals surface area contributed by atoms with Gasteiger partial charge in [0.1, 0.15) is 0 Å². The van der Waals surface area contributed by atoms with E-state index in [1.807, 2.05) is 11.8 Å². The minimum Gasteiger partial charge on any atom is -0.381 e. The summed E-state index contributed by atoms with van der Waals surface area (Å²) in [6.07, 6.45) is 0. The number of hydrogen-bond donors (Lipinski definition) is 1. The zero-order valence-electron chi connectivity index (χ0n) is 10.9. The molecule has 4 heteroatoms. The Kier molecular flexibility index (Phi) is 4.74. The molecule has 0 unspecified atom stereocenters. The van der Waals surface area contributed by atoms with E-state index in [-0.39, 0.29) is 11.3 Å². The van der Waals surface area contributed by atoms with E-state index < -0.39 is 0 Å². The molecule has 0 aliphatic carbocycles. The van der Waals surface area contributed by atoms with Crippen LogP contribution in [0.4, 0.5) is 0 Å². The van der Waals surface area contributed by atoms with Crippen molar-refractivity contribution in [3.63, 3.8) is 0 Å². The van der Waals surface area contributed by atoms with Crippen LogP contribution in [0.25, 0.3) is 0 Å². The smallest absolute Gasteiger partial charge is 0.236 e. The number of likely N-dealkylation sites (N-methyl/N-ethyl adjacent to an activating group) is 1. The molecule has 94 valence electrons. The number of likely N-dealkylation sites (tertiary alicyclic amines) is 1. The highest BCUT2D eigenvalue weighted by Crippen LogP contribution is 2.35. The number of nitrogens with zero attached hydrogens (tertiary/aromatic N) is 1. The van der Waals surface area contributed by atoms with Crippen molar-refractivity contribution in [2.24, 2.45) is 11.3 Å². The van der Waals surface area contributed by atoms with Crippen LogP contribution in [0.3, 0.4) is 0 Å². The molecule has 1 saturated heterocycles. The van der Waals surface area contributed by atoms with Gasteiger partial charge in [-0.3, -0.25) is 4.79 Å². The Balaban J connectivity index is 2.53. The van der Waals surface area contributed by atoms with Crippen molar-refractivity contribution in [2.75, 3.05) is 39.9 Å². The lowest BCUT2D eigenvalue weighted by molar-refractivity contribution is -0.129. The summed E-state index contributed by atoms with van der Waals surface area (Å²) in [6.45, 7) is 10.0. The lowest BCUT2D eigenvalue weighted by Gasteiger charge is -2.24. The van der Waals surface area contributed by atoms with Gasteiger partial charge in [0.25, 0.3) is 0 Å². The maximum atomic E-state index is 11.8. The molecule has 1 aliphatic heterocycles. The summed E-state index contributed by atoms with van der Waals surface area (Å²) in [4.78, 5) is 13.7. The van der Waals surface area contributed by atoms with Crippen LogP contribution in [0.5, 0.6) is 0 Å². The number of hydrogen-bond acceptors (Lipinski definition) is 3. The molecule has 0 aromatic heterocycles. The molecule has 1 amide bonds. The molecular formula is C12H24N2O2. The van der Waals surface area contributed by atoms with Crippen LogP contribution in [-0.2, 0) is 9.53 Å². The lowest BCUT2D eigenvalue weighted by Crippen LogP contribution is -2.36. The Bertz CT molecular complexity index is 241. The second kappa shape index (κ2) is 5.64. The van der Waals surface area contributed by atoms with Crippen molar-refractivity contribution in [3.8, 4) is 0 Å². The lowest BCUT2D eigenvalue weighted by atomic mass is 9.83. The summed E-state index contributed by atoms with van der Waals surface area (Å²) in [5.41, 5.74) is 0.165. The van der Waals surface area contributed by atoms with E-state index in [9.17, 15) is 4.79 Å². The summed E-state index contributed by atoms with van der Waals surface area (Å²) in [7, 11) is 1.80. The van der Waals surface area contributed by atoms with Crippen LogP contribution in [-0.4, -0.2) is 50.7 Å². The van der Waals surface area contributed by atoms with Gasteiger partial charge in [0.05, 0.1) is 13.2 Å². The number of rotatable bonds is 5. The summed E-state index contributed by atoms with van der Waals surface area (Å²) in [6, 6.07) is 0. The predicted octanol–water partition coefficient (Wildman–Crippen LogP) is 0.727. The Morgan fingerprint density at radius 3 is 2.81 bits per heavy atom. The highest BCUT2D eigenvalue weighted by molar-refractivity contribution is 5.78. The highest BCUT2D eigenvalue weighted by Gasteiger charge is 2.40. The molecule has 16 heavy (non-hydrogen) atoms. The summed E-state index contributed by atoms with van der Waals surface area (Å²) in [5, 5.41) is 2.91. The minimum absolute atomic E-state index is 0.165. The Hall–Kier alpha value is -0.610. The van der Waals surface area contributed by atoms with Gasteiger partial charge in [-0.2, -0.15) is 0 Å². The fourth-order valence-corrected chi connectivity index (χ4v) is 2.19. The Morgan fingerprint density at radius 1 is 1.56 bits per heavy atom. The minimum atomic E-state index is 0.165. The van der Waals surface area contributed by atoms with E-state index in [4.69, 9.17) is 4.74 Å². The molecular weight excluding hydrogens is 204 g/mol. The fraction of sp³-hybridized carbons (Fsp3) is 0.917. The maximum Gasteiger partial charge on any atom is 0.236 e. The molecule has 1 aliphatic rings. The van der Waals surface area contributed by atoms with E-state index in [2.05, 4.69) is 19.2 Å². The normalized spacial score (nSPS) is 23.8. The third-order valence-corrected chi connectivity index (χ3v) is 3.35. The molecule has 1 atom stereocenters. The second-order valence-corrected chi connectivity index (χ2v) is 5.15. The quantitative estimate of drug-likeness (QED) is 0.754. The second-order valence-electron chi connectivity index (χ2n) is 5.15. The van der Waals surface area contributed by atoms with Gasteiger partial charge < -0.3 is 15.0 Å². The molecule has 1 N–H and O–H groups in total. The molecule has 0 aromatic carbocycles. The van der Waals surface area contributed by atoms with E-state index in [0.717, 1.165) is 26.3 Å². The highest BCUT2D eigenvalue weighted by atomic mass is 16.5. The van der Waals surface area contributed by atoms with Gasteiger partial charge in [-0.25, -0.2) is 0 Å². The van der Waals surface area contributed by atoms with Gasteiger partial charge >= 0.3 is 0 Å². The van der Waals surface area contributed by atoms with Crippen LogP contribution in [0.1, 0.15) is 20.8 Å². The maximum absolute atomic E-state index is 11.8. The predicted molar refractivity (Wildman–Crippen MR) is 64.3 cm³/mol. The first-order valence-corrected chi connectivity index (χ1v) is 6.01. The molecule has 1 heterocycles. The number of nitrogens with one attached hydrogen (secondary N) is 1. The van der Waals surface area contributed by atoms with Gasteiger partial charge in [0.2, 0.25) is 5.91 Å². The van der Waals surface area contributed by atoms with Crippen molar-refractivity contribution >= 4 is 5.91 Å². The van der Waals surface area contributed by atoms with Gasteiger partial charge in [-0.15, -0.1) is 0 Å². The molecule has 0 spiro atoms. The topological polar surface area (TPSA) is 41.6 Å². The van der Waals surface area contributed by atoms with E-state index in [1.54, 1.807) is 7.05 Å². The largest absolute Gasteiger partial charge is 0.381 e. The molecule has 4 nitrogen and oxygen atoms in total. The van der Waals surface area contributed by atoms with Gasteiger partial charge in [-0.05, 0) is 19.4 Å². The van der Waals surface area contributed by atoms with E-state index >= 15 is 0 Å². The van der Waals surface area contributed by atoms with Gasteiger partial charge in [0.15, 0.2) is 0 Å². The molecule has 1 fully saturated rings. The van der Waals surface area contributed by atoms with Gasteiger partial charge in [-0.1, -0.05) is 13.8 Å². The average Bonchev–Trinajstić information content (AvgIpc) is 2.51. The first-order valence-electron chi connectivity index (χ1n) is 6.01. The SMILES string of the molecule is CCOC[C@@H]1CN(C(=O)CNC)CC1(C)C. The first kappa shape index (κ1) is 13.5. The van der Waals surface area contributed by atoms with E-state index in [1.165, 1.54) is 0 Å². The summed E-state index contributed by atoms with van der Waals surface area (Å²) < 4.78 is 5.49. The average molecular weight is 228 g/mol.